The number of rotatable bonds is 4. The Labute approximate surface area is 147 Å². The normalized spacial score (nSPS) is 22.2. The molecule has 6 nitrogen and oxygen atoms in total. The molecule has 130 valence electrons. The van der Waals surface area contributed by atoms with Crippen LogP contribution in [0.1, 0.15) is 18.4 Å². The van der Waals surface area contributed by atoms with Crippen LogP contribution in [-0.2, 0) is 11.2 Å². The van der Waals surface area contributed by atoms with Crippen molar-refractivity contribution in [2.75, 3.05) is 24.5 Å². The van der Waals surface area contributed by atoms with Crippen molar-refractivity contribution in [3.05, 3.63) is 48.4 Å². The Morgan fingerprint density at radius 1 is 1.32 bits per heavy atom. The minimum atomic E-state index is -0.0143. The molecule has 1 amide bonds. The van der Waals surface area contributed by atoms with E-state index in [1.165, 1.54) is 5.56 Å². The number of fused-ring (bicyclic) bond motifs is 1. The number of hydrogen-bond donors (Lipinski definition) is 1. The molecule has 0 bridgehead atoms. The van der Waals surface area contributed by atoms with Crippen molar-refractivity contribution in [3.8, 4) is 5.75 Å². The van der Waals surface area contributed by atoms with Crippen molar-refractivity contribution in [1.29, 1.82) is 0 Å². The van der Waals surface area contributed by atoms with Crippen LogP contribution in [-0.4, -0.2) is 41.6 Å². The summed E-state index contributed by atoms with van der Waals surface area (Å²) in [6, 6.07) is 8.06. The molecule has 1 fully saturated rings. The van der Waals surface area contributed by atoms with Gasteiger partial charge in [-0.3, -0.25) is 9.78 Å². The van der Waals surface area contributed by atoms with Crippen LogP contribution in [0.4, 0.5) is 5.82 Å². The standard InChI is InChI=1S/C19H22N4O2/c24-19(22-11-16-10-14-4-1-2-6-17(14)25-16)15-5-3-9-23(13-15)18-12-20-7-8-21-18/h1-2,4,6-8,12,15-16H,3,5,9-11,13H2,(H,22,24). The molecule has 0 spiro atoms. The maximum absolute atomic E-state index is 12.6. The van der Waals surface area contributed by atoms with E-state index < -0.39 is 0 Å². The van der Waals surface area contributed by atoms with E-state index in [1.54, 1.807) is 18.6 Å². The third-order valence-corrected chi connectivity index (χ3v) is 4.88. The van der Waals surface area contributed by atoms with Gasteiger partial charge in [0.05, 0.1) is 18.7 Å². The van der Waals surface area contributed by atoms with Gasteiger partial charge in [0, 0.05) is 31.9 Å². The van der Waals surface area contributed by atoms with Gasteiger partial charge in [0.25, 0.3) is 0 Å². The predicted octanol–water partition coefficient (Wildman–Crippen LogP) is 1.81. The lowest BCUT2D eigenvalue weighted by atomic mass is 9.97. The van der Waals surface area contributed by atoms with Gasteiger partial charge in [-0.15, -0.1) is 0 Å². The molecule has 2 atom stereocenters. The molecule has 1 aromatic heterocycles. The maximum Gasteiger partial charge on any atom is 0.225 e. The number of ether oxygens (including phenoxy) is 1. The lowest BCUT2D eigenvalue weighted by molar-refractivity contribution is -0.125. The largest absolute Gasteiger partial charge is 0.488 e. The summed E-state index contributed by atoms with van der Waals surface area (Å²) >= 11 is 0. The lowest BCUT2D eigenvalue weighted by Gasteiger charge is -2.32. The monoisotopic (exact) mass is 338 g/mol. The van der Waals surface area contributed by atoms with Gasteiger partial charge in [-0.1, -0.05) is 18.2 Å². The summed E-state index contributed by atoms with van der Waals surface area (Å²) in [6.45, 7) is 2.16. The first-order chi connectivity index (χ1) is 12.3. The summed E-state index contributed by atoms with van der Waals surface area (Å²) in [6.07, 6.45) is 7.89. The Bertz CT molecular complexity index is 712. The van der Waals surface area contributed by atoms with Crippen molar-refractivity contribution < 1.29 is 9.53 Å². The SMILES string of the molecule is O=C(NCC1Cc2ccccc2O1)C1CCCN(c2cnccn2)C1. The fraction of sp³-hybridized carbons (Fsp3) is 0.421. The van der Waals surface area contributed by atoms with Crippen molar-refractivity contribution in [3.63, 3.8) is 0 Å². The molecular formula is C19H22N4O2. The van der Waals surface area contributed by atoms with Crippen molar-refractivity contribution >= 4 is 11.7 Å². The second-order valence-electron chi connectivity index (χ2n) is 6.65. The first-order valence-corrected chi connectivity index (χ1v) is 8.83. The minimum Gasteiger partial charge on any atom is -0.488 e. The summed E-state index contributed by atoms with van der Waals surface area (Å²) in [4.78, 5) is 23.2. The van der Waals surface area contributed by atoms with E-state index >= 15 is 0 Å². The zero-order valence-electron chi connectivity index (χ0n) is 14.1. The summed E-state index contributed by atoms with van der Waals surface area (Å²) in [5.41, 5.74) is 1.22. The number of piperidine rings is 1. The number of amides is 1. The Hall–Kier alpha value is -2.63. The van der Waals surface area contributed by atoms with Gasteiger partial charge < -0.3 is 15.0 Å². The lowest BCUT2D eigenvalue weighted by Crippen LogP contribution is -2.45. The molecule has 0 aliphatic carbocycles. The molecule has 4 rings (SSSR count). The number of hydrogen-bond acceptors (Lipinski definition) is 5. The van der Waals surface area contributed by atoms with E-state index in [9.17, 15) is 4.79 Å². The molecule has 25 heavy (non-hydrogen) atoms. The molecule has 3 heterocycles. The number of nitrogens with zero attached hydrogens (tertiary/aromatic N) is 3. The van der Waals surface area contributed by atoms with E-state index in [2.05, 4.69) is 26.3 Å². The first kappa shape index (κ1) is 15.9. The van der Waals surface area contributed by atoms with Crippen molar-refractivity contribution in [1.82, 2.24) is 15.3 Å². The Morgan fingerprint density at radius 3 is 3.08 bits per heavy atom. The van der Waals surface area contributed by atoms with E-state index in [1.807, 2.05) is 18.2 Å². The highest BCUT2D eigenvalue weighted by Gasteiger charge is 2.28. The predicted molar refractivity (Wildman–Crippen MR) is 94.5 cm³/mol. The van der Waals surface area contributed by atoms with Gasteiger partial charge in [-0.2, -0.15) is 0 Å². The van der Waals surface area contributed by atoms with Gasteiger partial charge in [0.15, 0.2) is 0 Å². The van der Waals surface area contributed by atoms with Gasteiger partial charge >= 0.3 is 0 Å². The van der Waals surface area contributed by atoms with Crippen molar-refractivity contribution in [2.24, 2.45) is 5.92 Å². The fourth-order valence-electron chi connectivity index (χ4n) is 3.58. The highest BCUT2D eigenvalue weighted by atomic mass is 16.5. The summed E-state index contributed by atoms with van der Waals surface area (Å²) < 4.78 is 5.89. The molecule has 0 saturated carbocycles. The zero-order valence-corrected chi connectivity index (χ0v) is 14.1. The highest BCUT2D eigenvalue weighted by Crippen LogP contribution is 2.28. The second kappa shape index (κ2) is 7.09. The fourth-order valence-corrected chi connectivity index (χ4v) is 3.58. The molecule has 1 aromatic carbocycles. The van der Waals surface area contributed by atoms with Crippen LogP contribution in [0, 0.1) is 5.92 Å². The summed E-state index contributed by atoms with van der Waals surface area (Å²) in [5.74, 6) is 1.87. The van der Waals surface area contributed by atoms with Crippen LogP contribution >= 0.6 is 0 Å². The topological polar surface area (TPSA) is 67.3 Å². The third kappa shape index (κ3) is 3.57. The molecule has 6 heteroatoms. The van der Waals surface area contributed by atoms with Crippen LogP contribution in [0.2, 0.25) is 0 Å². The number of anilines is 1. The number of carbonyl (C=O) groups excluding carboxylic acids is 1. The molecule has 2 aliphatic heterocycles. The average molecular weight is 338 g/mol. The van der Waals surface area contributed by atoms with Crippen LogP contribution < -0.4 is 15.0 Å². The van der Waals surface area contributed by atoms with Gasteiger partial charge in [0.2, 0.25) is 5.91 Å². The van der Waals surface area contributed by atoms with E-state index in [4.69, 9.17) is 4.74 Å². The average Bonchev–Trinajstić information content (AvgIpc) is 3.10. The molecule has 2 aliphatic rings. The number of nitrogens with one attached hydrogen (secondary N) is 1. The number of aromatic nitrogens is 2. The van der Waals surface area contributed by atoms with Crippen LogP contribution in [0.25, 0.3) is 0 Å². The zero-order chi connectivity index (χ0) is 17.1. The number of carbonyl (C=O) groups is 1. The first-order valence-electron chi connectivity index (χ1n) is 8.83. The number of para-hydroxylation sites is 1. The minimum absolute atomic E-state index is 0.0143. The van der Waals surface area contributed by atoms with Crippen LogP contribution in [0.5, 0.6) is 5.75 Å². The Kier molecular flexibility index (Phi) is 4.50. The molecule has 2 unspecified atom stereocenters. The smallest absolute Gasteiger partial charge is 0.225 e. The molecule has 0 radical (unpaired) electrons. The quantitative estimate of drug-likeness (QED) is 0.921. The second-order valence-corrected chi connectivity index (χ2v) is 6.65. The van der Waals surface area contributed by atoms with Crippen LogP contribution in [0.15, 0.2) is 42.9 Å². The molecular weight excluding hydrogens is 316 g/mol. The molecule has 1 N–H and O–H groups in total. The highest BCUT2D eigenvalue weighted by molar-refractivity contribution is 5.79. The van der Waals surface area contributed by atoms with Gasteiger partial charge in [-0.05, 0) is 24.5 Å². The molecule has 1 saturated heterocycles. The van der Waals surface area contributed by atoms with E-state index in [0.29, 0.717) is 13.1 Å². The maximum atomic E-state index is 12.6. The van der Waals surface area contributed by atoms with E-state index in [-0.39, 0.29) is 17.9 Å². The molecule has 2 aromatic rings. The third-order valence-electron chi connectivity index (χ3n) is 4.88. The van der Waals surface area contributed by atoms with Gasteiger partial charge in [0.1, 0.15) is 17.7 Å². The summed E-state index contributed by atoms with van der Waals surface area (Å²) in [5, 5.41) is 3.07. The van der Waals surface area contributed by atoms with Crippen molar-refractivity contribution in [2.45, 2.75) is 25.4 Å². The number of benzene rings is 1. The summed E-state index contributed by atoms with van der Waals surface area (Å²) in [7, 11) is 0. The van der Waals surface area contributed by atoms with Gasteiger partial charge in [-0.25, -0.2) is 4.98 Å². The Morgan fingerprint density at radius 2 is 2.24 bits per heavy atom. The van der Waals surface area contributed by atoms with E-state index in [0.717, 1.165) is 37.4 Å². The van der Waals surface area contributed by atoms with Crippen LogP contribution in [0.3, 0.4) is 0 Å². The Balaban J connectivity index is 1.30.